The van der Waals surface area contributed by atoms with Crippen molar-refractivity contribution in [2.75, 3.05) is 7.11 Å². The summed E-state index contributed by atoms with van der Waals surface area (Å²) >= 11 is 0. The van der Waals surface area contributed by atoms with Crippen LogP contribution < -0.4 is 4.74 Å². The SMILES string of the molecule is COc1ccc(-c2noc(C(C(C)C)C(C)O)n2)nn1. The quantitative estimate of drug-likeness (QED) is 0.888. The Bertz CT molecular complexity index is 543. The van der Waals surface area contributed by atoms with E-state index in [1.54, 1.807) is 19.1 Å². The number of hydrogen-bond acceptors (Lipinski definition) is 7. The van der Waals surface area contributed by atoms with Crippen LogP contribution in [0.3, 0.4) is 0 Å². The molecule has 2 aromatic rings. The molecule has 2 unspecified atom stereocenters. The van der Waals surface area contributed by atoms with Gasteiger partial charge in [0.1, 0.15) is 5.69 Å². The van der Waals surface area contributed by atoms with Crippen LogP contribution in [0.2, 0.25) is 0 Å². The number of ether oxygens (including phenoxy) is 1. The summed E-state index contributed by atoms with van der Waals surface area (Å²) in [7, 11) is 1.52. The van der Waals surface area contributed by atoms with Crippen LogP contribution >= 0.6 is 0 Å². The molecule has 0 bridgehead atoms. The Balaban J connectivity index is 2.27. The molecule has 0 aliphatic rings. The highest BCUT2D eigenvalue weighted by Crippen LogP contribution is 2.28. The zero-order chi connectivity index (χ0) is 14.7. The molecule has 0 fully saturated rings. The fraction of sp³-hybridized carbons (Fsp3) is 0.538. The molecule has 2 atom stereocenters. The maximum Gasteiger partial charge on any atom is 0.233 e. The molecule has 2 heterocycles. The van der Waals surface area contributed by atoms with E-state index in [2.05, 4.69) is 20.3 Å². The summed E-state index contributed by atoms with van der Waals surface area (Å²) in [5, 5.41) is 21.5. The fourth-order valence-electron chi connectivity index (χ4n) is 2.07. The number of aromatic nitrogens is 4. The number of methoxy groups -OCH3 is 1. The van der Waals surface area contributed by atoms with Gasteiger partial charge in [-0.1, -0.05) is 19.0 Å². The van der Waals surface area contributed by atoms with E-state index in [9.17, 15) is 5.11 Å². The van der Waals surface area contributed by atoms with E-state index in [4.69, 9.17) is 9.26 Å². The maximum absolute atomic E-state index is 9.81. The third-order valence-corrected chi connectivity index (χ3v) is 3.04. The van der Waals surface area contributed by atoms with Crippen LogP contribution in [-0.2, 0) is 0 Å². The summed E-state index contributed by atoms with van der Waals surface area (Å²) in [6, 6.07) is 3.38. The molecule has 0 aliphatic carbocycles. The summed E-state index contributed by atoms with van der Waals surface area (Å²) in [6.07, 6.45) is -0.565. The average Bonchev–Trinajstić information content (AvgIpc) is 2.87. The van der Waals surface area contributed by atoms with Crippen LogP contribution in [0.1, 0.15) is 32.6 Å². The van der Waals surface area contributed by atoms with Crippen molar-refractivity contribution >= 4 is 0 Å². The van der Waals surface area contributed by atoms with Gasteiger partial charge in [0.2, 0.25) is 17.6 Å². The molecule has 20 heavy (non-hydrogen) atoms. The van der Waals surface area contributed by atoms with Crippen LogP contribution in [-0.4, -0.2) is 38.7 Å². The molecular weight excluding hydrogens is 260 g/mol. The predicted molar refractivity (Wildman–Crippen MR) is 71.1 cm³/mol. The number of nitrogens with zero attached hydrogens (tertiary/aromatic N) is 4. The number of hydrogen-bond donors (Lipinski definition) is 1. The summed E-state index contributed by atoms with van der Waals surface area (Å²) < 4.78 is 10.2. The van der Waals surface area contributed by atoms with Crippen molar-refractivity contribution in [1.82, 2.24) is 20.3 Å². The van der Waals surface area contributed by atoms with Crippen LogP contribution in [0, 0.1) is 5.92 Å². The van der Waals surface area contributed by atoms with Gasteiger partial charge in [-0.05, 0) is 18.9 Å². The first-order chi connectivity index (χ1) is 9.52. The summed E-state index contributed by atoms with van der Waals surface area (Å²) in [5.41, 5.74) is 0.494. The largest absolute Gasteiger partial charge is 0.480 e. The molecule has 0 saturated carbocycles. The highest BCUT2D eigenvalue weighted by atomic mass is 16.5. The van der Waals surface area contributed by atoms with E-state index in [-0.39, 0.29) is 11.8 Å². The van der Waals surface area contributed by atoms with E-state index >= 15 is 0 Å². The van der Waals surface area contributed by atoms with E-state index in [1.807, 2.05) is 13.8 Å². The summed E-state index contributed by atoms with van der Waals surface area (Å²) in [6.45, 7) is 5.70. The van der Waals surface area contributed by atoms with Crippen molar-refractivity contribution in [3.63, 3.8) is 0 Å². The van der Waals surface area contributed by atoms with Gasteiger partial charge >= 0.3 is 0 Å². The first-order valence-electron chi connectivity index (χ1n) is 6.42. The van der Waals surface area contributed by atoms with Crippen molar-refractivity contribution in [2.45, 2.75) is 32.8 Å². The van der Waals surface area contributed by atoms with E-state index < -0.39 is 6.10 Å². The second-order valence-electron chi connectivity index (χ2n) is 4.93. The van der Waals surface area contributed by atoms with Gasteiger partial charge in [0, 0.05) is 6.07 Å². The zero-order valence-corrected chi connectivity index (χ0v) is 11.9. The molecule has 7 heteroatoms. The molecule has 0 aliphatic heterocycles. The van der Waals surface area contributed by atoms with E-state index in [0.717, 1.165) is 0 Å². The van der Waals surface area contributed by atoms with Gasteiger partial charge in [-0.2, -0.15) is 4.98 Å². The Kier molecular flexibility index (Phi) is 4.29. The van der Waals surface area contributed by atoms with Crippen molar-refractivity contribution in [3.05, 3.63) is 18.0 Å². The Hall–Kier alpha value is -2.02. The first-order valence-corrected chi connectivity index (χ1v) is 6.42. The van der Waals surface area contributed by atoms with Crippen molar-refractivity contribution in [1.29, 1.82) is 0 Å². The molecule has 1 N–H and O–H groups in total. The van der Waals surface area contributed by atoms with Gasteiger partial charge in [0.05, 0.1) is 19.1 Å². The molecule has 108 valence electrons. The van der Waals surface area contributed by atoms with Gasteiger partial charge in [-0.25, -0.2) is 0 Å². The van der Waals surface area contributed by atoms with Gasteiger partial charge in [-0.15, -0.1) is 10.2 Å². The Morgan fingerprint density at radius 3 is 2.45 bits per heavy atom. The van der Waals surface area contributed by atoms with Gasteiger partial charge in [0.15, 0.2) is 0 Å². The summed E-state index contributed by atoms with van der Waals surface area (Å²) in [5.74, 6) is 1.15. The Labute approximate surface area is 117 Å². The lowest BCUT2D eigenvalue weighted by Crippen LogP contribution is -2.20. The van der Waals surface area contributed by atoms with Gasteiger partial charge in [-0.3, -0.25) is 0 Å². The lowest BCUT2D eigenvalue weighted by atomic mass is 9.91. The molecule has 0 aromatic carbocycles. The third kappa shape index (κ3) is 2.93. The normalized spacial score (nSPS) is 14.3. The van der Waals surface area contributed by atoms with Crippen molar-refractivity contribution in [3.8, 4) is 17.4 Å². The first kappa shape index (κ1) is 14.4. The predicted octanol–water partition coefficient (Wildman–Crippen LogP) is 1.66. The number of rotatable bonds is 5. The van der Waals surface area contributed by atoms with Gasteiger partial charge in [0.25, 0.3) is 0 Å². The Morgan fingerprint density at radius 1 is 1.20 bits per heavy atom. The minimum Gasteiger partial charge on any atom is -0.480 e. The second kappa shape index (κ2) is 5.96. The minimum absolute atomic E-state index is 0.185. The van der Waals surface area contributed by atoms with Crippen molar-refractivity contribution < 1.29 is 14.4 Å². The smallest absolute Gasteiger partial charge is 0.233 e. The molecule has 7 nitrogen and oxygen atoms in total. The van der Waals surface area contributed by atoms with Crippen molar-refractivity contribution in [2.24, 2.45) is 5.92 Å². The van der Waals surface area contributed by atoms with Crippen LogP contribution in [0.15, 0.2) is 16.7 Å². The van der Waals surface area contributed by atoms with Crippen LogP contribution in [0.4, 0.5) is 0 Å². The Morgan fingerprint density at radius 2 is 1.95 bits per heavy atom. The fourth-order valence-corrected chi connectivity index (χ4v) is 2.07. The third-order valence-electron chi connectivity index (χ3n) is 3.04. The van der Waals surface area contributed by atoms with Crippen LogP contribution in [0.25, 0.3) is 11.5 Å². The minimum atomic E-state index is -0.565. The highest BCUT2D eigenvalue weighted by Gasteiger charge is 2.27. The lowest BCUT2D eigenvalue weighted by molar-refractivity contribution is 0.120. The van der Waals surface area contributed by atoms with Crippen LogP contribution in [0.5, 0.6) is 5.88 Å². The molecule has 2 rings (SSSR count). The molecular formula is C13H18N4O3. The number of aliphatic hydroxyl groups is 1. The zero-order valence-electron chi connectivity index (χ0n) is 11.9. The van der Waals surface area contributed by atoms with E-state index in [1.165, 1.54) is 7.11 Å². The number of aliphatic hydroxyl groups excluding tert-OH is 1. The monoisotopic (exact) mass is 278 g/mol. The molecule has 0 spiro atoms. The second-order valence-corrected chi connectivity index (χ2v) is 4.93. The maximum atomic E-state index is 9.81. The van der Waals surface area contributed by atoms with E-state index in [0.29, 0.717) is 23.3 Å². The lowest BCUT2D eigenvalue weighted by Gasteiger charge is -2.19. The molecule has 0 saturated heterocycles. The molecule has 2 aromatic heterocycles. The standard InChI is InChI=1S/C13H18N4O3/c1-7(2)11(8(3)18)13-14-12(17-20-13)9-5-6-10(19-4)16-15-9/h5-8,11,18H,1-4H3. The molecule has 0 amide bonds. The topological polar surface area (TPSA) is 94.2 Å². The molecule has 0 radical (unpaired) electrons. The summed E-state index contributed by atoms with van der Waals surface area (Å²) in [4.78, 5) is 4.30. The van der Waals surface area contributed by atoms with Gasteiger partial charge < -0.3 is 14.4 Å². The highest BCUT2D eigenvalue weighted by molar-refractivity contribution is 5.47. The average molecular weight is 278 g/mol.